The molecular weight excluding hydrogens is 350 g/mol. The van der Waals surface area contributed by atoms with E-state index in [1.165, 1.54) is 24.2 Å². The molecule has 4 nitrogen and oxygen atoms in total. The van der Waals surface area contributed by atoms with Crippen LogP contribution < -0.4 is 9.64 Å². The molecule has 2 N–H and O–H groups in total. The molecule has 138 valence electrons. The van der Waals surface area contributed by atoms with Crippen LogP contribution in [0.15, 0.2) is 48.5 Å². The molecule has 2 aromatic carbocycles. The Hall–Kier alpha value is -1.88. The highest BCUT2D eigenvalue weighted by molar-refractivity contribution is 6.30. The van der Waals surface area contributed by atoms with E-state index in [1.54, 1.807) is 48.5 Å². The summed E-state index contributed by atoms with van der Waals surface area (Å²) in [6.07, 6.45) is 3.31. The zero-order valence-electron chi connectivity index (χ0n) is 14.8. The molecule has 0 unspecified atom stereocenters. The fourth-order valence-corrected chi connectivity index (χ4v) is 3.44. The third-order valence-electron chi connectivity index (χ3n) is 4.75. The van der Waals surface area contributed by atoms with E-state index in [0.717, 1.165) is 19.6 Å². The van der Waals surface area contributed by atoms with E-state index in [2.05, 4.69) is 0 Å². The fraction of sp³-hybridized carbons (Fsp3) is 0.381. The topological polar surface area (TPSA) is 51.0 Å². The molecule has 1 saturated heterocycles. The van der Waals surface area contributed by atoms with E-state index in [-0.39, 0.29) is 12.4 Å². The van der Waals surface area contributed by atoms with Crippen molar-refractivity contribution in [2.24, 2.45) is 0 Å². The first-order valence-corrected chi connectivity index (χ1v) is 9.54. The largest absolute Gasteiger partial charge is 0.491 e. The number of nitrogens with one attached hydrogen (secondary N) is 1. The van der Waals surface area contributed by atoms with Gasteiger partial charge in [0.25, 0.3) is 0 Å². The zero-order valence-corrected chi connectivity index (χ0v) is 15.5. The molecule has 1 aliphatic rings. The molecule has 0 aliphatic carbocycles. The second-order valence-electron chi connectivity index (χ2n) is 6.84. The average Bonchev–Trinajstić information content (AvgIpc) is 2.68. The quantitative estimate of drug-likeness (QED) is 0.732. The standard InChI is InChI=1S/C21H24ClNO3/c22-18-8-4-16(5-9-18)21(25)17-6-10-20(11-7-17)26-15-19(24)14-23-12-2-1-3-13-23/h4-11,19,24H,1-3,12-15H2/p+1/t19-/m1/s1. The van der Waals surface area contributed by atoms with Crippen LogP contribution in [-0.4, -0.2) is 43.2 Å². The summed E-state index contributed by atoms with van der Waals surface area (Å²) in [5.41, 5.74) is 1.20. The summed E-state index contributed by atoms with van der Waals surface area (Å²) in [6, 6.07) is 13.9. The van der Waals surface area contributed by atoms with Crippen LogP contribution in [0, 0.1) is 0 Å². The molecule has 3 rings (SSSR count). The van der Waals surface area contributed by atoms with Gasteiger partial charge in [0.2, 0.25) is 0 Å². The van der Waals surface area contributed by atoms with Crippen LogP contribution in [0.4, 0.5) is 0 Å². The number of carbonyl (C=O) groups is 1. The summed E-state index contributed by atoms with van der Waals surface area (Å²) >= 11 is 5.86. The van der Waals surface area contributed by atoms with E-state index >= 15 is 0 Å². The molecule has 2 aromatic rings. The molecule has 1 heterocycles. The zero-order chi connectivity index (χ0) is 18.4. The summed E-state index contributed by atoms with van der Waals surface area (Å²) in [7, 11) is 0. The van der Waals surface area contributed by atoms with Crippen LogP contribution in [0.2, 0.25) is 5.02 Å². The second kappa shape index (κ2) is 9.17. The van der Waals surface area contributed by atoms with Gasteiger partial charge in [0.1, 0.15) is 25.0 Å². The van der Waals surface area contributed by atoms with Crippen LogP contribution in [0.25, 0.3) is 0 Å². The van der Waals surface area contributed by atoms with Crippen LogP contribution in [0.1, 0.15) is 35.2 Å². The van der Waals surface area contributed by atoms with Crippen molar-refractivity contribution in [1.82, 2.24) is 0 Å². The van der Waals surface area contributed by atoms with E-state index in [9.17, 15) is 9.90 Å². The van der Waals surface area contributed by atoms with Gasteiger partial charge in [-0.05, 0) is 67.8 Å². The number of quaternary nitrogens is 1. The van der Waals surface area contributed by atoms with Crippen LogP contribution in [-0.2, 0) is 0 Å². The lowest BCUT2D eigenvalue weighted by atomic mass is 10.0. The summed E-state index contributed by atoms with van der Waals surface area (Å²) in [5.74, 6) is 0.604. The summed E-state index contributed by atoms with van der Waals surface area (Å²) in [6.45, 7) is 3.28. The Balaban J connectivity index is 1.50. The average molecular weight is 375 g/mol. The van der Waals surface area contributed by atoms with Gasteiger partial charge in [0.05, 0.1) is 13.1 Å². The van der Waals surface area contributed by atoms with Gasteiger partial charge in [-0.25, -0.2) is 0 Å². The van der Waals surface area contributed by atoms with Crippen molar-refractivity contribution in [3.8, 4) is 5.75 Å². The molecule has 1 aliphatic heterocycles. The Labute approximate surface area is 159 Å². The van der Waals surface area contributed by atoms with Crippen molar-refractivity contribution < 1.29 is 19.5 Å². The second-order valence-corrected chi connectivity index (χ2v) is 7.28. The number of ether oxygens (including phenoxy) is 1. The highest BCUT2D eigenvalue weighted by atomic mass is 35.5. The Morgan fingerprint density at radius 1 is 1.00 bits per heavy atom. The summed E-state index contributed by atoms with van der Waals surface area (Å²) in [5, 5.41) is 10.8. The number of hydrogen-bond acceptors (Lipinski definition) is 3. The number of ketones is 1. The number of aliphatic hydroxyl groups excluding tert-OH is 1. The Morgan fingerprint density at radius 2 is 1.58 bits per heavy atom. The predicted octanol–water partition coefficient (Wildman–Crippen LogP) is 2.38. The minimum Gasteiger partial charge on any atom is -0.491 e. The maximum absolute atomic E-state index is 12.4. The maximum Gasteiger partial charge on any atom is 0.193 e. The predicted molar refractivity (Wildman–Crippen MR) is 102 cm³/mol. The van der Waals surface area contributed by atoms with E-state index < -0.39 is 6.10 Å². The van der Waals surface area contributed by atoms with Gasteiger partial charge in [-0.2, -0.15) is 0 Å². The van der Waals surface area contributed by atoms with Crippen molar-refractivity contribution in [2.75, 3.05) is 26.2 Å². The van der Waals surface area contributed by atoms with Gasteiger partial charge in [-0.3, -0.25) is 4.79 Å². The van der Waals surface area contributed by atoms with Gasteiger partial charge in [0, 0.05) is 16.1 Å². The first-order valence-electron chi connectivity index (χ1n) is 9.16. The number of piperidine rings is 1. The molecule has 0 spiro atoms. The monoisotopic (exact) mass is 374 g/mol. The Morgan fingerprint density at radius 3 is 2.19 bits per heavy atom. The third-order valence-corrected chi connectivity index (χ3v) is 5.00. The van der Waals surface area contributed by atoms with Crippen LogP contribution in [0.5, 0.6) is 5.75 Å². The molecule has 0 saturated carbocycles. The van der Waals surface area contributed by atoms with Crippen molar-refractivity contribution in [3.05, 3.63) is 64.7 Å². The lowest BCUT2D eigenvalue weighted by Crippen LogP contribution is -3.14. The first-order chi connectivity index (χ1) is 12.6. The van der Waals surface area contributed by atoms with Crippen molar-refractivity contribution in [2.45, 2.75) is 25.4 Å². The highest BCUT2D eigenvalue weighted by Crippen LogP contribution is 2.17. The SMILES string of the molecule is O=C(c1ccc(Cl)cc1)c1ccc(OC[C@H](O)C[NH+]2CCCCC2)cc1. The lowest BCUT2D eigenvalue weighted by Gasteiger charge is -2.25. The van der Waals surface area contributed by atoms with Gasteiger partial charge in [0.15, 0.2) is 5.78 Å². The van der Waals surface area contributed by atoms with Crippen molar-refractivity contribution in [1.29, 1.82) is 0 Å². The highest BCUT2D eigenvalue weighted by Gasteiger charge is 2.18. The third kappa shape index (κ3) is 5.31. The fourth-order valence-electron chi connectivity index (χ4n) is 3.31. The molecule has 5 heteroatoms. The number of likely N-dealkylation sites (tertiary alicyclic amines) is 1. The Kier molecular flexibility index (Phi) is 6.67. The van der Waals surface area contributed by atoms with Gasteiger partial charge >= 0.3 is 0 Å². The van der Waals surface area contributed by atoms with Crippen molar-refractivity contribution >= 4 is 17.4 Å². The van der Waals surface area contributed by atoms with E-state index in [4.69, 9.17) is 16.3 Å². The summed E-state index contributed by atoms with van der Waals surface area (Å²) in [4.78, 5) is 13.9. The molecular formula is C21H25ClNO3+. The van der Waals surface area contributed by atoms with Crippen LogP contribution >= 0.6 is 11.6 Å². The first kappa shape index (κ1) is 18.9. The van der Waals surface area contributed by atoms with Crippen LogP contribution in [0.3, 0.4) is 0 Å². The molecule has 1 fully saturated rings. The lowest BCUT2D eigenvalue weighted by molar-refractivity contribution is -0.908. The molecule has 26 heavy (non-hydrogen) atoms. The number of benzene rings is 2. The van der Waals surface area contributed by atoms with E-state index in [0.29, 0.717) is 21.9 Å². The number of carbonyl (C=O) groups excluding carboxylic acids is 1. The Bertz CT molecular complexity index is 709. The molecule has 0 radical (unpaired) electrons. The normalized spacial score (nSPS) is 16.2. The van der Waals surface area contributed by atoms with E-state index in [1.807, 2.05) is 0 Å². The van der Waals surface area contributed by atoms with Gasteiger partial charge in [-0.15, -0.1) is 0 Å². The smallest absolute Gasteiger partial charge is 0.193 e. The molecule has 1 atom stereocenters. The van der Waals surface area contributed by atoms with Crippen molar-refractivity contribution in [3.63, 3.8) is 0 Å². The maximum atomic E-state index is 12.4. The minimum absolute atomic E-state index is 0.0538. The minimum atomic E-state index is -0.474. The molecule has 0 amide bonds. The van der Waals surface area contributed by atoms with Gasteiger partial charge in [-0.1, -0.05) is 11.6 Å². The number of aliphatic hydroxyl groups is 1. The molecule has 0 bridgehead atoms. The number of halogens is 1. The number of rotatable bonds is 7. The number of hydrogen-bond donors (Lipinski definition) is 2. The molecule has 0 aromatic heterocycles. The van der Waals surface area contributed by atoms with Gasteiger partial charge < -0.3 is 14.7 Å². The summed E-state index contributed by atoms with van der Waals surface area (Å²) < 4.78 is 5.67.